The van der Waals surface area contributed by atoms with Gasteiger partial charge in [0.2, 0.25) is 5.91 Å². The van der Waals surface area contributed by atoms with Crippen LogP contribution in [0, 0.1) is 13.8 Å². The van der Waals surface area contributed by atoms with Crippen LogP contribution in [-0.4, -0.2) is 21.6 Å². The largest absolute Gasteiger partial charge is 0.485 e. The molecule has 0 saturated carbocycles. The number of nitrogens with zero attached hydrogens (tertiary/aromatic N) is 2. The van der Waals surface area contributed by atoms with Crippen LogP contribution in [0.4, 0.5) is 5.82 Å². The molecule has 0 saturated heterocycles. The lowest BCUT2D eigenvalue weighted by Crippen LogP contribution is -2.16. The van der Waals surface area contributed by atoms with E-state index >= 15 is 0 Å². The lowest BCUT2D eigenvalue weighted by molar-refractivity contribution is -0.113. The van der Waals surface area contributed by atoms with Gasteiger partial charge in [0.25, 0.3) is 0 Å². The third kappa shape index (κ3) is 5.56. The van der Waals surface area contributed by atoms with Crippen LogP contribution in [0.5, 0.6) is 5.75 Å². The maximum Gasteiger partial charge on any atom is 0.235 e. The summed E-state index contributed by atoms with van der Waals surface area (Å²) in [6.07, 6.45) is 5.06. The minimum atomic E-state index is -0.127. The van der Waals surface area contributed by atoms with Crippen molar-refractivity contribution < 1.29 is 9.53 Å². The maximum absolute atomic E-state index is 12.4. The molecule has 0 fully saturated rings. The smallest absolute Gasteiger partial charge is 0.235 e. The molecule has 0 spiro atoms. The Labute approximate surface area is 177 Å². The lowest BCUT2D eigenvalue weighted by atomic mass is 10.2. The van der Waals surface area contributed by atoms with Gasteiger partial charge in [0.15, 0.2) is 11.6 Å². The Morgan fingerprint density at radius 3 is 2.71 bits per heavy atom. The predicted molar refractivity (Wildman–Crippen MR) is 116 cm³/mol. The number of thioether (sulfide) groups is 1. The number of rotatable bonds is 7. The molecule has 144 valence electrons. The van der Waals surface area contributed by atoms with Gasteiger partial charge in [-0.1, -0.05) is 15.9 Å². The molecule has 1 aromatic carbocycles. The fraction of sp³-hybridized carbons (Fsp3) is 0.190. The van der Waals surface area contributed by atoms with Crippen LogP contribution in [0.25, 0.3) is 0 Å². The van der Waals surface area contributed by atoms with Gasteiger partial charge in [-0.3, -0.25) is 9.78 Å². The van der Waals surface area contributed by atoms with E-state index in [9.17, 15) is 4.79 Å². The Kier molecular flexibility index (Phi) is 7.06. The van der Waals surface area contributed by atoms with E-state index in [0.29, 0.717) is 23.9 Å². The standard InChI is InChI=1S/C21H20BrN3O2S/c1-14-11-19(15(2)10-17(14)22)28-13-20(26)25-21-18(4-3-7-24-21)27-12-16-5-8-23-9-6-16/h3-11H,12-13H2,1-2H3,(H,24,25,26). The first kappa shape index (κ1) is 20.4. The van der Waals surface area contributed by atoms with E-state index in [2.05, 4.69) is 43.3 Å². The zero-order valence-corrected chi connectivity index (χ0v) is 18.0. The zero-order valence-electron chi connectivity index (χ0n) is 15.6. The molecule has 2 aromatic heterocycles. The van der Waals surface area contributed by atoms with Crippen molar-refractivity contribution in [1.82, 2.24) is 9.97 Å². The monoisotopic (exact) mass is 457 g/mol. The second kappa shape index (κ2) is 9.71. The zero-order chi connectivity index (χ0) is 19.9. The van der Waals surface area contributed by atoms with Gasteiger partial charge in [-0.2, -0.15) is 0 Å². The molecule has 3 rings (SSSR count). The lowest BCUT2D eigenvalue weighted by Gasteiger charge is -2.12. The molecule has 0 unspecified atom stereocenters. The minimum absolute atomic E-state index is 0.127. The summed E-state index contributed by atoms with van der Waals surface area (Å²) in [6.45, 7) is 4.45. The number of ether oxygens (including phenoxy) is 1. The Balaban J connectivity index is 1.60. The summed E-state index contributed by atoms with van der Waals surface area (Å²) in [6, 6.07) is 11.5. The summed E-state index contributed by atoms with van der Waals surface area (Å²) >= 11 is 5.03. The first-order chi connectivity index (χ1) is 13.5. The van der Waals surface area contributed by atoms with Gasteiger partial charge >= 0.3 is 0 Å². The van der Waals surface area contributed by atoms with E-state index in [1.54, 1.807) is 30.7 Å². The summed E-state index contributed by atoms with van der Waals surface area (Å²) < 4.78 is 6.89. The van der Waals surface area contributed by atoms with Crippen LogP contribution in [0.1, 0.15) is 16.7 Å². The van der Waals surface area contributed by atoms with Crippen molar-refractivity contribution in [2.75, 3.05) is 11.1 Å². The van der Waals surface area contributed by atoms with Crippen molar-refractivity contribution in [3.05, 3.63) is 76.2 Å². The maximum atomic E-state index is 12.4. The Morgan fingerprint density at radius 1 is 1.14 bits per heavy atom. The molecular formula is C21H20BrN3O2S. The number of nitrogens with one attached hydrogen (secondary N) is 1. The highest BCUT2D eigenvalue weighted by atomic mass is 79.9. The molecule has 28 heavy (non-hydrogen) atoms. The Morgan fingerprint density at radius 2 is 1.93 bits per heavy atom. The van der Waals surface area contributed by atoms with E-state index in [1.807, 2.05) is 26.0 Å². The number of amides is 1. The fourth-order valence-corrected chi connectivity index (χ4v) is 3.83. The molecular weight excluding hydrogens is 438 g/mol. The molecule has 0 aliphatic rings. The number of carbonyl (C=O) groups excluding carboxylic acids is 1. The van der Waals surface area contributed by atoms with Crippen molar-refractivity contribution in [3.63, 3.8) is 0 Å². The number of halogens is 1. The van der Waals surface area contributed by atoms with E-state index < -0.39 is 0 Å². The predicted octanol–water partition coefficient (Wildman–Crippen LogP) is 5.17. The highest BCUT2D eigenvalue weighted by molar-refractivity contribution is 9.10. The number of pyridine rings is 2. The van der Waals surface area contributed by atoms with Crippen molar-refractivity contribution >= 4 is 39.4 Å². The number of benzene rings is 1. The molecule has 2 heterocycles. The van der Waals surface area contributed by atoms with Gasteiger partial charge < -0.3 is 10.1 Å². The molecule has 0 aliphatic carbocycles. The molecule has 7 heteroatoms. The van der Waals surface area contributed by atoms with Gasteiger partial charge in [0, 0.05) is 28.0 Å². The van der Waals surface area contributed by atoms with Crippen LogP contribution >= 0.6 is 27.7 Å². The Hall–Kier alpha value is -2.38. The number of aromatic nitrogens is 2. The number of hydrogen-bond acceptors (Lipinski definition) is 5. The SMILES string of the molecule is Cc1cc(SCC(=O)Nc2ncccc2OCc2ccncc2)c(C)cc1Br. The fourth-order valence-electron chi connectivity index (χ4n) is 2.46. The summed E-state index contributed by atoms with van der Waals surface area (Å²) in [5, 5.41) is 2.85. The van der Waals surface area contributed by atoms with E-state index in [0.717, 1.165) is 26.1 Å². The topological polar surface area (TPSA) is 64.1 Å². The van der Waals surface area contributed by atoms with Crippen LogP contribution in [0.2, 0.25) is 0 Å². The van der Waals surface area contributed by atoms with Gasteiger partial charge in [-0.15, -0.1) is 11.8 Å². The molecule has 1 amide bonds. The van der Waals surface area contributed by atoms with Gasteiger partial charge in [0.05, 0.1) is 5.75 Å². The molecule has 0 atom stereocenters. The first-order valence-corrected chi connectivity index (χ1v) is 10.5. The van der Waals surface area contributed by atoms with E-state index in [4.69, 9.17) is 4.74 Å². The van der Waals surface area contributed by atoms with Crippen molar-refractivity contribution in [2.45, 2.75) is 25.3 Å². The summed E-state index contributed by atoms with van der Waals surface area (Å²) in [7, 11) is 0. The van der Waals surface area contributed by atoms with E-state index in [1.165, 1.54) is 11.8 Å². The third-order valence-electron chi connectivity index (χ3n) is 3.99. The van der Waals surface area contributed by atoms with Gasteiger partial charge in [-0.05, 0) is 66.9 Å². The summed E-state index contributed by atoms with van der Waals surface area (Å²) in [5.74, 6) is 1.12. The van der Waals surface area contributed by atoms with Crippen LogP contribution in [0.3, 0.4) is 0 Å². The third-order valence-corrected chi connectivity index (χ3v) is 6.00. The highest BCUT2D eigenvalue weighted by Gasteiger charge is 2.11. The summed E-state index contributed by atoms with van der Waals surface area (Å²) in [4.78, 5) is 21.8. The van der Waals surface area contributed by atoms with Crippen LogP contribution in [-0.2, 0) is 11.4 Å². The van der Waals surface area contributed by atoms with Crippen LogP contribution in [0.15, 0.2) is 64.4 Å². The van der Waals surface area contributed by atoms with E-state index in [-0.39, 0.29) is 5.91 Å². The number of hydrogen-bond donors (Lipinski definition) is 1. The quantitative estimate of drug-likeness (QED) is 0.496. The number of aryl methyl sites for hydroxylation is 2. The number of anilines is 1. The second-order valence-corrected chi connectivity index (χ2v) is 8.07. The summed E-state index contributed by atoms with van der Waals surface area (Å²) in [5.41, 5.74) is 3.27. The van der Waals surface area contributed by atoms with Crippen molar-refractivity contribution in [3.8, 4) is 5.75 Å². The molecule has 0 radical (unpaired) electrons. The normalized spacial score (nSPS) is 10.5. The Bertz CT molecular complexity index is 967. The van der Waals surface area contributed by atoms with Crippen molar-refractivity contribution in [2.24, 2.45) is 0 Å². The molecule has 1 N–H and O–H groups in total. The minimum Gasteiger partial charge on any atom is -0.485 e. The average Bonchev–Trinajstić information content (AvgIpc) is 2.70. The number of carbonyl (C=O) groups is 1. The molecule has 0 bridgehead atoms. The van der Waals surface area contributed by atoms with Gasteiger partial charge in [0.1, 0.15) is 6.61 Å². The van der Waals surface area contributed by atoms with Crippen molar-refractivity contribution in [1.29, 1.82) is 0 Å². The highest BCUT2D eigenvalue weighted by Crippen LogP contribution is 2.29. The molecule has 3 aromatic rings. The van der Waals surface area contributed by atoms with Crippen LogP contribution < -0.4 is 10.1 Å². The second-order valence-electron chi connectivity index (χ2n) is 6.20. The molecule has 5 nitrogen and oxygen atoms in total. The average molecular weight is 458 g/mol. The first-order valence-electron chi connectivity index (χ1n) is 8.69. The molecule has 0 aliphatic heterocycles. The van der Waals surface area contributed by atoms with Gasteiger partial charge in [-0.25, -0.2) is 4.98 Å².